The summed E-state index contributed by atoms with van der Waals surface area (Å²) >= 11 is 0. The third-order valence-electron chi connectivity index (χ3n) is 8.28. The van der Waals surface area contributed by atoms with E-state index in [4.69, 9.17) is 0 Å². The topological polar surface area (TPSA) is 124 Å². The fraction of sp³-hybridized carbons (Fsp3) is 0.625. The predicted octanol–water partition coefficient (Wildman–Crippen LogP) is 3.06. The van der Waals surface area contributed by atoms with E-state index in [1.807, 2.05) is 0 Å². The Bertz CT molecular complexity index is 900. The van der Waals surface area contributed by atoms with Gasteiger partial charge in [0.2, 0.25) is 11.6 Å². The van der Waals surface area contributed by atoms with E-state index in [0.717, 1.165) is 31.8 Å². The van der Waals surface area contributed by atoms with Crippen LogP contribution in [0.2, 0.25) is 0 Å². The van der Waals surface area contributed by atoms with Crippen LogP contribution in [0, 0.1) is 22.7 Å². The van der Waals surface area contributed by atoms with Gasteiger partial charge in [0.1, 0.15) is 11.8 Å². The predicted molar refractivity (Wildman–Crippen MR) is 115 cm³/mol. The van der Waals surface area contributed by atoms with Crippen molar-refractivity contribution in [3.8, 4) is 0 Å². The Morgan fingerprint density at radius 2 is 1.97 bits per heavy atom. The molecule has 0 radical (unpaired) electrons. The number of carboxylic acids is 1. The van der Waals surface area contributed by atoms with Gasteiger partial charge in [0.15, 0.2) is 0 Å². The van der Waals surface area contributed by atoms with Crippen molar-refractivity contribution in [3.05, 3.63) is 34.8 Å². The number of aliphatic carboxylic acids is 1. The molecule has 0 aromatic carbocycles. The highest BCUT2D eigenvalue weighted by Gasteiger charge is 2.54. The second kappa shape index (κ2) is 8.26. The summed E-state index contributed by atoms with van der Waals surface area (Å²) in [4.78, 5) is 36.4. The fourth-order valence-corrected chi connectivity index (χ4v) is 5.92. The van der Waals surface area contributed by atoms with Gasteiger partial charge in [0, 0.05) is 11.6 Å². The summed E-state index contributed by atoms with van der Waals surface area (Å²) in [7, 11) is 0. The van der Waals surface area contributed by atoms with Gasteiger partial charge in [-0.25, -0.2) is 4.79 Å². The van der Waals surface area contributed by atoms with Crippen LogP contribution >= 0.6 is 0 Å². The van der Waals surface area contributed by atoms with Crippen LogP contribution in [0.15, 0.2) is 34.8 Å². The minimum absolute atomic E-state index is 0.0135. The quantitative estimate of drug-likeness (QED) is 0.289. The molecule has 7 nitrogen and oxygen atoms in total. The van der Waals surface area contributed by atoms with Crippen LogP contribution in [0.3, 0.4) is 0 Å². The molecule has 7 heteroatoms. The number of carboxylic acid groups (broad SMARTS) is 1. The van der Waals surface area contributed by atoms with Gasteiger partial charge in [-0.05, 0) is 61.7 Å². The summed E-state index contributed by atoms with van der Waals surface area (Å²) in [6, 6.07) is -1.39. The highest BCUT2D eigenvalue weighted by atomic mass is 16.4. The van der Waals surface area contributed by atoms with Crippen molar-refractivity contribution in [1.82, 2.24) is 5.32 Å². The molecular weight excluding hydrogens is 398 g/mol. The minimum Gasteiger partial charge on any atom is -0.505 e. The van der Waals surface area contributed by atoms with Crippen LogP contribution in [0.5, 0.6) is 0 Å². The third kappa shape index (κ3) is 3.84. The molecular formula is C24H33NO6. The van der Waals surface area contributed by atoms with Gasteiger partial charge in [0.05, 0.1) is 12.3 Å². The first kappa shape index (κ1) is 23.3. The van der Waals surface area contributed by atoms with Gasteiger partial charge in [-0.3, -0.25) is 9.59 Å². The van der Waals surface area contributed by atoms with Crippen molar-refractivity contribution in [2.75, 3.05) is 6.61 Å². The molecule has 31 heavy (non-hydrogen) atoms. The molecule has 0 amide bonds. The van der Waals surface area contributed by atoms with Gasteiger partial charge in [-0.15, -0.1) is 0 Å². The zero-order chi connectivity index (χ0) is 23.1. The summed E-state index contributed by atoms with van der Waals surface area (Å²) in [5.41, 5.74) is 0.964. The van der Waals surface area contributed by atoms with Crippen molar-refractivity contribution in [1.29, 1.82) is 0 Å². The van der Waals surface area contributed by atoms with E-state index in [1.54, 1.807) is 0 Å². The van der Waals surface area contributed by atoms with Gasteiger partial charge >= 0.3 is 5.97 Å². The lowest BCUT2D eigenvalue weighted by molar-refractivity contribution is -0.140. The lowest BCUT2D eigenvalue weighted by Gasteiger charge is -2.58. The number of nitrogens with one attached hydrogen (secondary N) is 1. The molecule has 3 rings (SSSR count). The van der Waals surface area contributed by atoms with E-state index < -0.39 is 35.9 Å². The number of hydrogen-bond donors (Lipinski definition) is 4. The molecule has 1 fully saturated rings. The number of carbonyl (C=O) groups is 3. The number of carbonyl (C=O) groups excluding carboxylic acids is 2. The van der Waals surface area contributed by atoms with Crippen LogP contribution < -0.4 is 5.32 Å². The lowest BCUT2D eigenvalue weighted by Crippen LogP contribution is -2.50. The normalized spacial score (nSPS) is 34.6. The van der Waals surface area contributed by atoms with Gasteiger partial charge in [-0.2, -0.15) is 0 Å². The summed E-state index contributed by atoms with van der Waals surface area (Å²) in [5, 5.41) is 31.8. The third-order valence-corrected chi connectivity index (χ3v) is 8.28. The number of aliphatic hydroxyl groups is 2. The number of hydrogen-bond acceptors (Lipinski definition) is 6. The molecule has 1 saturated carbocycles. The second-order valence-corrected chi connectivity index (χ2v) is 9.85. The van der Waals surface area contributed by atoms with Gasteiger partial charge in [-0.1, -0.05) is 32.4 Å². The molecule has 0 aliphatic heterocycles. The van der Waals surface area contributed by atoms with E-state index in [-0.39, 0.29) is 34.4 Å². The highest BCUT2D eigenvalue weighted by molar-refractivity contribution is 6.48. The first-order chi connectivity index (χ1) is 14.5. The van der Waals surface area contributed by atoms with E-state index in [9.17, 15) is 29.7 Å². The number of aliphatic hydroxyl groups excluding tert-OH is 2. The van der Waals surface area contributed by atoms with Crippen molar-refractivity contribution < 1.29 is 29.7 Å². The molecule has 5 atom stereocenters. The molecule has 3 aliphatic rings. The molecule has 4 N–H and O–H groups in total. The Kier molecular flexibility index (Phi) is 6.20. The average Bonchev–Trinajstić information content (AvgIpc) is 2.71. The number of fused-ring (bicyclic) bond motifs is 1. The van der Waals surface area contributed by atoms with Gasteiger partial charge < -0.3 is 20.6 Å². The van der Waals surface area contributed by atoms with E-state index in [0.29, 0.717) is 5.92 Å². The summed E-state index contributed by atoms with van der Waals surface area (Å²) < 4.78 is 0. The molecule has 0 aromatic rings. The molecule has 0 aromatic heterocycles. The average molecular weight is 432 g/mol. The van der Waals surface area contributed by atoms with Crippen LogP contribution in [-0.4, -0.2) is 45.5 Å². The Morgan fingerprint density at radius 3 is 2.58 bits per heavy atom. The largest absolute Gasteiger partial charge is 0.505 e. The molecule has 0 bridgehead atoms. The summed E-state index contributed by atoms with van der Waals surface area (Å²) in [6.07, 6.45) is 7.46. The first-order valence-electron chi connectivity index (χ1n) is 11.0. The number of ketones is 2. The summed E-state index contributed by atoms with van der Waals surface area (Å²) in [5.74, 6) is -2.69. The fourth-order valence-electron chi connectivity index (χ4n) is 5.92. The monoisotopic (exact) mass is 431 g/mol. The maximum Gasteiger partial charge on any atom is 0.328 e. The summed E-state index contributed by atoms with van der Waals surface area (Å²) in [6.45, 7) is 8.04. The van der Waals surface area contributed by atoms with Crippen LogP contribution in [-0.2, 0) is 14.4 Å². The van der Waals surface area contributed by atoms with Crippen molar-refractivity contribution in [2.45, 2.75) is 65.8 Å². The van der Waals surface area contributed by atoms with Crippen LogP contribution in [0.25, 0.3) is 0 Å². The first-order valence-corrected chi connectivity index (χ1v) is 11.0. The van der Waals surface area contributed by atoms with Crippen molar-refractivity contribution >= 4 is 17.5 Å². The molecule has 0 heterocycles. The smallest absolute Gasteiger partial charge is 0.328 e. The maximum atomic E-state index is 12.8. The molecule has 3 aliphatic carbocycles. The maximum absolute atomic E-state index is 12.8. The Balaban J connectivity index is 2.00. The Labute approximate surface area is 182 Å². The van der Waals surface area contributed by atoms with Crippen LogP contribution in [0.1, 0.15) is 59.8 Å². The van der Waals surface area contributed by atoms with E-state index in [2.05, 4.69) is 39.1 Å². The number of rotatable bonds is 6. The Hall–Kier alpha value is -2.41. The lowest BCUT2D eigenvalue weighted by atomic mass is 9.46. The molecule has 170 valence electrons. The minimum atomic E-state index is -1.39. The van der Waals surface area contributed by atoms with E-state index in [1.165, 1.54) is 5.57 Å². The van der Waals surface area contributed by atoms with Crippen molar-refractivity contribution in [2.24, 2.45) is 22.7 Å². The molecule has 0 unspecified atom stereocenters. The van der Waals surface area contributed by atoms with Gasteiger partial charge in [0.25, 0.3) is 0 Å². The number of Topliss-reactive ketones (excluding diaryl/α,β-unsaturated/α-hetero) is 1. The Morgan fingerprint density at radius 1 is 1.29 bits per heavy atom. The SMILES string of the molecule is CC1=CCC[C@H]2[C@](C)(CC3=C(O)C(N[C@@H](CO)C(=O)O)=CC(=O)C3=O)[C@H](C)CC[C@]12C. The zero-order valence-corrected chi connectivity index (χ0v) is 18.7. The molecule has 0 saturated heterocycles. The molecule has 0 spiro atoms. The highest BCUT2D eigenvalue weighted by Crippen LogP contribution is 2.62. The van der Waals surface area contributed by atoms with Crippen LogP contribution in [0.4, 0.5) is 0 Å². The standard InChI is InChI=1S/C24H33NO6/c1-13-6-5-7-19-23(13,3)9-8-14(2)24(19,4)11-15-20(28)16(10-18(27)21(15)29)25-17(12-26)22(30)31/h6,10,14,17,19,25-26,28H,5,7-9,11-12H2,1-4H3,(H,30,31)/t14-,17+,19-,23-,24-/m1/s1. The van der Waals surface area contributed by atoms with E-state index >= 15 is 0 Å². The zero-order valence-electron chi connectivity index (χ0n) is 18.7. The van der Waals surface area contributed by atoms with Crippen molar-refractivity contribution in [3.63, 3.8) is 0 Å². The second-order valence-electron chi connectivity index (χ2n) is 9.85. The number of allylic oxidation sites excluding steroid dienone is 4.